The maximum atomic E-state index is 12.4. The average molecular weight is 181 g/mol. The fraction of sp³-hybridized carbons (Fsp3) is 0.273. The second kappa shape index (κ2) is 6.23. The van der Waals surface area contributed by atoms with E-state index in [2.05, 4.69) is 0 Å². The van der Waals surface area contributed by atoms with E-state index in [0.717, 1.165) is 11.3 Å². The van der Waals surface area contributed by atoms with Crippen molar-refractivity contribution in [1.82, 2.24) is 0 Å². The lowest BCUT2D eigenvalue weighted by atomic mass is 10.2. The van der Waals surface area contributed by atoms with Crippen LogP contribution in [0.3, 0.4) is 0 Å². The zero-order chi connectivity index (χ0) is 10.3. The lowest BCUT2D eigenvalue weighted by molar-refractivity contribution is 0.628. The van der Waals surface area contributed by atoms with Gasteiger partial charge in [-0.3, -0.25) is 0 Å². The van der Waals surface area contributed by atoms with E-state index >= 15 is 0 Å². The summed E-state index contributed by atoms with van der Waals surface area (Å²) in [6.45, 7) is 5.79. The van der Waals surface area contributed by atoms with Crippen molar-refractivity contribution in [1.29, 1.82) is 0 Å². The first kappa shape index (κ1) is 11.7. The third-order valence-electron chi connectivity index (χ3n) is 1.26. The zero-order valence-corrected chi connectivity index (χ0v) is 8.34. The van der Waals surface area contributed by atoms with E-state index < -0.39 is 0 Å². The minimum absolute atomic E-state index is 0.225. The molecule has 0 radical (unpaired) electrons. The van der Waals surface area contributed by atoms with Gasteiger partial charge in [-0.2, -0.15) is 0 Å². The molecule has 1 nitrogen and oxygen atoms in total. The second-order valence-electron chi connectivity index (χ2n) is 2.44. The topological polar surface area (TPSA) is 26.0 Å². The van der Waals surface area contributed by atoms with Crippen molar-refractivity contribution in [2.45, 2.75) is 20.8 Å². The maximum absolute atomic E-state index is 12.4. The molecule has 0 bridgehead atoms. The molecule has 0 aliphatic heterocycles. The van der Waals surface area contributed by atoms with E-state index in [0.29, 0.717) is 0 Å². The van der Waals surface area contributed by atoms with E-state index in [4.69, 9.17) is 5.73 Å². The first-order valence-electron chi connectivity index (χ1n) is 4.38. The molecule has 1 rings (SSSR count). The Morgan fingerprint density at radius 2 is 1.69 bits per heavy atom. The van der Waals surface area contributed by atoms with Gasteiger partial charge in [0.1, 0.15) is 5.82 Å². The molecule has 1 aromatic carbocycles. The van der Waals surface area contributed by atoms with Gasteiger partial charge in [0.05, 0.1) is 0 Å². The van der Waals surface area contributed by atoms with Crippen molar-refractivity contribution in [3.05, 3.63) is 41.3 Å². The monoisotopic (exact) mass is 181 g/mol. The first-order valence-corrected chi connectivity index (χ1v) is 4.38. The molecule has 0 aromatic heterocycles. The van der Waals surface area contributed by atoms with Gasteiger partial charge in [0.25, 0.3) is 0 Å². The lowest BCUT2D eigenvalue weighted by Crippen LogP contribution is -1.89. The van der Waals surface area contributed by atoms with Crippen molar-refractivity contribution in [2.24, 2.45) is 5.73 Å². The van der Waals surface area contributed by atoms with Crippen molar-refractivity contribution < 1.29 is 4.39 Å². The van der Waals surface area contributed by atoms with Crippen LogP contribution >= 0.6 is 0 Å². The molecule has 0 unspecified atom stereocenters. The third kappa shape index (κ3) is 5.01. The molecular formula is C11H16FN. The molecule has 13 heavy (non-hydrogen) atoms. The van der Waals surface area contributed by atoms with Gasteiger partial charge in [-0.25, -0.2) is 4.39 Å². The SMILES string of the molecule is C/C(N)=C/c1ccc(F)cc1.CC. The summed E-state index contributed by atoms with van der Waals surface area (Å²) in [6.07, 6.45) is 1.79. The molecule has 0 fully saturated rings. The van der Waals surface area contributed by atoms with Crippen LogP contribution < -0.4 is 5.73 Å². The van der Waals surface area contributed by atoms with Crippen LogP contribution in [0.4, 0.5) is 4.39 Å². The summed E-state index contributed by atoms with van der Waals surface area (Å²) in [5.41, 5.74) is 7.07. The Morgan fingerprint density at radius 1 is 1.23 bits per heavy atom. The van der Waals surface area contributed by atoms with Gasteiger partial charge < -0.3 is 5.73 Å². The number of benzene rings is 1. The lowest BCUT2D eigenvalue weighted by Gasteiger charge is -1.93. The zero-order valence-electron chi connectivity index (χ0n) is 8.34. The van der Waals surface area contributed by atoms with Crippen molar-refractivity contribution in [3.63, 3.8) is 0 Å². The number of hydrogen-bond acceptors (Lipinski definition) is 1. The van der Waals surface area contributed by atoms with Crippen LogP contribution in [0.15, 0.2) is 30.0 Å². The van der Waals surface area contributed by atoms with Crippen LogP contribution in [0, 0.1) is 5.82 Å². The predicted octanol–water partition coefficient (Wildman–Crippen LogP) is 3.17. The van der Waals surface area contributed by atoms with Crippen LogP contribution in [-0.4, -0.2) is 0 Å². The van der Waals surface area contributed by atoms with Gasteiger partial charge in [0.2, 0.25) is 0 Å². The summed E-state index contributed by atoms with van der Waals surface area (Å²) in [7, 11) is 0. The normalized spacial score (nSPS) is 10.3. The first-order chi connectivity index (χ1) is 6.18. The molecular weight excluding hydrogens is 165 g/mol. The van der Waals surface area contributed by atoms with Crippen LogP contribution in [0.25, 0.3) is 6.08 Å². The van der Waals surface area contributed by atoms with Crippen LogP contribution in [0.5, 0.6) is 0 Å². The smallest absolute Gasteiger partial charge is 0.123 e. The van der Waals surface area contributed by atoms with Gasteiger partial charge >= 0.3 is 0 Å². The number of halogens is 1. The Labute approximate surface area is 79.1 Å². The van der Waals surface area contributed by atoms with E-state index in [-0.39, 0.29) is 5.82 Å². The number of rotatable bonds is 1. The van der Waals surface area contributed by atoms with E-state index in [9.17, 15) is 4.39 Å². The molecule has 0 spiro atoms. The number of allylic oxidation sites excluding steroid dienone is 1. The summed E-state index contributed by atoms with van der Waals surface area (Å²) in [5, 5.41) is 0. The Kier molecular flexibility index (Phi) is 5.60. The minimum atomic E-state index is -0.225. The van der Waals surface area contributed by atoms with E-state index in [1.54, 1.807) is 25.1 Å². The van der Waals surface area contributed by atoms with E-state index in [1.807, 2.05) is 13.8 Å². The van der Waals surface area contributed by atoms with Gasteiger partial charge in [-0.05, 0) is 30.7 Å². The largest absolute Gasteiger partial charge is 0.402 e. The van der Waals surface area contributed by atoms with Gasteiger partial charge in [-0.1, -0.05) is 26.0 Å². The highest BCUT2D eigenvalue weighted by Gasteiger charge is 1.88. The Morgan fingerprint density at radius 3 is 2.08 bits per heavy atom. The highest BCUT2D eigenvalue weighted by atomic mass is 19.1. The molecule has 0 saturated heterocycles. The molecule has 0 aliphatic carbocycles. The van der Waals surface area contributed by atoms with Crippen molar-refractivity contribution in [3.8, 4) is 0 Å². The fourth-order valence-corrected chi connectivity index (χ4v) is 0.822. The Hall–Kier alpha value is -1.31. The minimum Gasteiger partial charge on any atom is -0.402 e. The quantitative estimate of drug-likeness (QED) is 0.707. The standard InChI is InChI=1S/C9H10FN.C2H6/c1-7(11)6-8-2-4-9(10)5-3-8;1-2/h2-6H,11H2,1H3;1-2H3/b7-6-;. The molecule has 72 valence electrons. The van der Waals surface area contributed by atoms with Gasteiger partial charge in [-0.15, -0.1) is 0 Å². The highest BCUT2D eigenvalue weighted by molar-refractivity contribution is 5.51. The second-order valence-corrected chi connectivity index (χ2v) is 2.44. The molecule has 0 aliphatic rings. The Balaban J connectivity index is 0.000000671. The molecule has 1 aromatic rings. The summed E-state index contributed by atoms with van der Waals surface area (Å²) in [4.78, 5) is 0. The average Bonchev–Trinajstić information content (AvgIpc) is 2.12. The van der Waals surface area contributed by atoms with E-state index in [1.165, 1.54) is 12.1 Å². The maximum Gasteiger partial charge on any atom is 0.123 e. The highest BCUT2D eigenvalue weighted by Crippen LogP contribution is 2.05. The van der Waals surface area contributed by atoms with Crippen LogP contribution in [0.2, 0.25) is 0 Å². The summed E-state index contributed by atoms with van der Waals surface area (Å²) < 4.78 is 12.4. The van der Waals surface area contributed by atoms with Gasteiger partial charge in [0, 0.05) is 5.70 Å². The molecule has 2 heteroatoms. The fourth-order valence-electron chi connectivity index (χ4n) is 0.822. The number of hydrogen-bond donors (Lipinski definition) is 1. The summed E-state index contributed by atoms with van der Waals surface area (Å²) in [5.74, 6) is -0.225. The molecule has 2 N–H and O–H groups in total. The van der Waals surface area contributed by atoms with Crippen molar-refractivity contribution >= 4 is 6.08 Å². The molecule has 0 saturated carbocycles. The van der Waals surface area contributed by atoms with Gasteiger partial charge in [0.15, 0.2) is 0 Å². The summed E-state index contributed by atoms with van der Waals surface area (Å²) >= 11 is 0. The van der Waals surface area contributed by atoms with Crippen LogP contribution in [0.1, 0.15) is 26.3 Å². The molecule has 0 amide bonds. The van der Waals surface area contributed by atoms with Crippen molar-refractivity contribution in [2.75, 3.05) is 0 Å². The molecule has 0 heterocycles. The third-order valence-corrected chi connectivity index (χ3v) is 1.26. The Bertz CT molecular complexity index is 258. The molecule has 0 atom stereocenters. The van der Waals surface area contributed by atoms with Crippen LogP contribution in [-0.2, 0) is 0 Å². The predicted molar refractivity (Wildman–Crippen MR) is 55.6 cm³/mol. The number of nitrogens with two attached hydrogens (primary N) is 1. The summed E-state index contributed by atoms with van der Waals surface area (Å²) in [6, 6.07) is 6.20.